The van der Waals surface area contributed by atoms with Crippen molar-refractivity contribution in [1.82, 2.24) is 10.6 Å². The maximum Gasteiger partial charge on any atom is 0.252 e. The number of carbonyl (C=O) groups is 1. The number of thiocarbonyl (C=S) groups is 1. The monoisotopic (exact) mass is 561 g/mol. The molecule has 0 radical (unpaired) electrons. The maximum absolute atomic E-state index is 12.4. The van der Waals surface area contributed by atoms with Crippen molar-refractivity contribution >= 4 is 97.9 Å². The van der Waals surface area contributed by atoms with Crippen molar-refractivity contribution in [2.45, 2.75) is 9.96 Å². The number of hydrogen-bond donors (Lipinski definition) is 3. The summed E-state index contributed by atoms with van der Waals surface area (Å²) in [6.07, 6.45) is -1.06. The predicted molar refractivity (Wildman–Crippen MR) is 122 cm³/mol. The summed E-state index contributed by atoms with van der Waals surface area (Å²) >= 11 is 31.2. The first-order chi connectivity index (χ1) is 12.2. The molecule has 0 aliphatic heterocycles. The molecule has 3 N–H and O–H groups in total. The van der Waals surface area contributed by atoms with Gasteiger partial charge in [-0.2, -0.15) is 0 Å². The zero-order valence-corrected chi connectivity index (χ0v) is 18.9. The Balaban J connectivity index is 2.07. The number of benzene rings is 2. The molecule has 1 amide bonds. The van der Waals surface area contributed by atoms with E-state index in [-0.39, 0.29) is 5.11 Å². The van der Waals surface area contributed by atoms with Crippen LogP contribution in [0.25, 0.3) is 0 Å². The standard InChI is InChI=1S/C16H12Cl4IN3OS/c17-10-7-5-9(6-8-10)13(25)23-14(16(18,19)20)24-15(26)22-12-4-2-1-3-11(12)21/h1-8,14H,(H,23,25)(H2,22,24,26). The first-order valence-corrected chi connectivity index (χ1v) is 10.1. The van der Waals surface area contributed by atoms with E-state index in [2.05, 4.69) is 38.5 Å². The van der Waals surface area contributed by atoms with Crippen LogP contribution < -0.4 is 16.0 Å². The molecule has 10 heteroatoms. The summed E-state index contributed by atoms with van der Waals surface area (Å²) in [6.45, 7) is 0. The molecule has 0 spiro atoms. The van der Waals surface area contributed by atoms with E-state index in [4.69, 9.17) is 58.6 Å². The summed E-state index contributed by atoms with van der Waals surface area (Å²) in [5.41, 5.74) is 1.16. The number of hydrogen-bond acceptors (Lipinski definition) is 2. The van der Waals surface area contributed by atoms with Gasteiger partial charge in [0.1, 0.15) is 6.17 Å². The molecule has 2 aromatic carbocycles. The van der Waals surface area contributed by atoms with Gasteiger partial charge in [0.2, 0.25) is 3.79 Å². The molecule has 138 valence electrons. The van der Waals surface area contributed by atoms with Crippen LogP contribution in [0.5, 0.6) is 0 Å². The minimum absolute atomic E-state index is 0.196. The number of nitrogens with one attached hydrogen (secondary N) is 3. The van der Waals surface area contributed by atoms with Gasteiger partial charge in [-0.15, -0.1) is 0 Å². The van der Waals surface area contributed by atoms with E-state index in [1.165, 1.54) is 0 Å². The Labute approximate surface area is 190 Å². The number of amides is 1. The van der Waals surface area contributed by atoms with Gasteiger partial charge < -0.3 is 16.0 Å². The fourth-order valence-corrected chi connectivity index (χ4v) is 3.07. The van der Waals surface area contributed by atoms with Crippen LogP contribution >= 0.6 is 81.2 Å². The maximum atomic E-state index is 12.4. The molecule has 0 bridgehead atoms. The molecular formula is C16H12Cl4IN3OS. The van der Waals surface area contributed by atoms with Gasteiger partial charge in [0.15, 0.2) is 5.11 Å². The predicted octanol–water partition coefficient (Wildman–Crippen LogP) is 5.36. The zero-order valence-electron chi connectivity index (χ0n) is 12.9. The van der Waals surface area contributed by atoms with Gasteiger partial charge in [0, 0.05) is 14.2 Å². The van der Waals surface area contributed by atoms with Crippen LogP contribution in [0, 0.1) is 3.57 Å². The Hall–Kier alpha value is -0.510. The second-order valence-electron chi connectivity index (χ2n) is 5.03. The Kier molecular flexibility index (Phi) is 8.06. The Morgan fingerprint density at radius 1 is 1.04 bits per heavy atom. The van der Waals surface area contributed by atoms with Gasteiger partial charge in [-0.25, -0.2) is 0 Å². The van der Waals surface area contributed by atoms with Crippen molar-refractivity contribution in [3.63, 3.8) is 0 Å². The van der Waals surface area contributed by atoms with E-state index < -0.39 is 15.9 Å². The van der Waals surface area contributed by atoms with Crippen molar-refractivity contribution < 1.29 is 4.79 Å². The average molecular weight is 563 g/mol. The lowest BCUT2D eigenvalue weighted by atomic mass is 10.2. The lowest BCUT2D eigenvalue weighted by Crippen LogP contribution is -2.56. The summed E-state index contributed by atoms with van der Waals surface area (Å²) in [4.78, 5) is 12.4. The Bertz CT molecular complexity index is 799. The third kappa shape index (κ3) is 6.58. The summed E-state index contributed by atoms with van der Waals surface area (Å²) < 4.78 is -0.873. The fourth-order valence-electron chi connectivity index (χ4n) is 1.87. The minimum atomic E-state index is -1.84. The highest BCUT2D eigenvalue weighted by Crippen LogP contribution is 2.29. The normalized spacial score (nSPS) is 12.2. The lowest BCUT2D eigenvalue weighted by Gasteiger charge is -2.28. The van der Waals surface area contributed by atoms with Crippen molar-refractivity contribution in [2.75, 3.05) is 5.32 Å². The van der Waals surface area contributed by atoms with Gasteiger partial charge >= 0.3 is 0 Å². The van der Waals surface area contributed by atoms with Crippen LogP contribution in [0.1, 0.15) is 10.4 Å². The number of para-hydroxylation sites is 1. The van der Waals surface area contributed by atoms with Gasteiger partial charge in [0.25, 0.3) is 5.91 Å². The number of carbonyl (C=O) groups excluding carboxylic acids is 1. The van der Waals surface area contributed by atoms with Gasteiger partial charge in [-0.05, 0) is 71.2 Å². The van der Waals surface area contributed by atoms with Gasteiger partial charge in [0.05, 0.1) is 5.69 Å². The van der Waals surface area contributed by atoms with E-state index in [0.717, 1.165) is 9.26 Å². The molecule has 0 fully saturated rings. The first kappa shape index (κ1) is 21.8. The topological polar surface area (TPSA) is 53.2 Å². The average Bonchev–Trinajstić information content (AvgIpc) is 2.56. The van der Waals surface area contributed by atoms with Crippen molar-refractivity contribution in [2.24, 2.45) is 0 Å². The number of rotatable bonds is 4. The van der Waals surface area contributed by atoms with Crippen LogP contribution in [0.2, 0.25) is 5.02 Å². The van der Waals surface area contributed by atoms with Gasteiger partial charge in [-0.3, -0.25) is 4.79 Å². The van der Waals surface area contributed by atoms with E-state index in [0.29, 0.717) is 10.6 Å². The zero-order chi connectivity index (χ0) is 19.3. The van der Waals surface area contributed by atoms with Crippen LogP contribution in [-0.2, 0) is 0 Å². The van der Waals surface area contributed by atoms with E-state index in [9.17, 15) is 4.79 Å². The third-order valence-electron chi connectivity index (χ3n) is 3.11. The Morgan fingerprint density at radius 3 is 2.23 bits per heavy atom. The quantitative estimate of drug-likeness (QED) is 0.203. The summed E-state index contributed by atoms with van der Waals surface area (Å²) in [7, 11) is 0. The molecular weight excluding hydrogens is 551 g/mol. The van der Waals surface area contributed by atoms with Crippen LogP contribution in [-0.4, -0.2) is 21.0 Å². The number of alkyl halides is 3. The molecule has 0 saturated heterocycles. The molecule has 26 heavy (non-hydrogen) atoms. The smallest absolute Gasteiger partial charge is 0.252 e. The molecule has 4 nitrogen and oxygen atoms in total. The molecule has 0 aliphatic rings. The van der Waals surface area contributed by atoms with E-state index in [1.807, 2.05) is 24.3 Å². The molecule has 2 aromatic rings. The number of anilines is 1. The highest BCUT2D eigenvalue weighted by Gasteiger charge is 2.35. The largest absolute Gasteiger partial charge is 0.339 e. The molecule has 0 aromatic heterocycles. The SMILES string of the molecule is O=C(NC(NC(=S)Nc1ccccc1I)C(Cl)(Cl)Cl)c1ccc(Cl)cc1. The van der Waals surface area contributed by atoms with Crippen LogP contribution in [0.3, 0.4) is 0 Å². The highest BCUT2D eigenvalue weighted by molar-refractivity contribution is 14.1. The van der Waals surface area contributed by atoms with Crippen LogP contribution in [0.15, 0.2) is 48.5 Å². The molecule has 0 saturated carbocycles. The summed E-state index contributed by atoms with van der Waals surface area (Å²) in [5, 5.41) is 9.13. The molecule has 2 rings (SSSR count). The molecule has 0 aliphatic carbocycles. The van der Waals surface area contributed by atoms with Crippen molar-refractivity contribution in [3.8, 4) is 0 Å². The second-order valence-corrected chi connectivity index (χ2v) is 9.41. The van der Waals surface area contributed by atoms with E-state index in [1.54, 1.807) is 24.3 Å². The molecule has 1 atom stereocenters. The van der Waals surface area contributed by atoms with Crippen molar-refractivity contribution in [1.29, 1.82) is 0 Å². The lowest BCUT2D eigenvalue weighted by molar-refractivity contribution is 0.0934. The number of halogens is 5. The highest BCUT2D eigenvalue weighted by atomic mass is 127. The first-order valence-electron chi connectivity index (χ1n) is 7.12. The van der Waals surface area contributed by atoms with E-state index >= 15 is 0 Å². The van der Waals surface area contributed by atoms with Crippen LogP contribution in [0.4, 0.5) is 5.69 Å². The molecule has 0 heterocycles. The summed E-state index contributed by atoms with van der Waals surface area (Å²) in [6, 6.07) is 13.9. The Morgan fingerprint density at radius 2 is 1.65 bits per heavy atom. The minimum Gasteiger partial charge on any atom is -0.339 e. The molecule has 1 unspecified atom stereocenters. The summed E-state index contributed by atoms with van der Waals surface area (Å²) in [5.74, 6) is -0.442. The van der Waals surface area contributed by atoms with Crippen molar-refractivity contribution in [3.05, 3.63) is 62.7 Å². The second kappa shape index (κ2) is 9.61. The fraction of sp³-hybridized carbons (Fsp3) is 0.125. The third-order valence-corrected chi connectivity index (χ3v) is 5.17. The van der Waals surface area contributed by atoms with Gasteiger partial charge in [-0.1, -0.05) is 58.5 Å².